The summed E-state index contributed by atoms with van der Waals surface area (Å²) in [5, 5.41) is 6.42. The van der Waals surface area contributed by atoms with Crippen molar-refractivity contribution >= 4 is 17.9 Å². The Morgan fingerprint density at radius 3 is 2.52 bits per heavy atom. The Bertz CT molecular complexity index is 519. The molecule has 3 N–H and O–H groups in total. The molecule has 8 heteroatoms. The number of carbonyl (C=O) groups is 2. The van der Waals surface area contributed by atoms with Crippen molar-refractivity contribution in [1.82, 2.24) is 15.1 Å². The number of ether oxygens (including phenoxy) is 2. The van der Waals surface area contributed by atoms with Crippen LogP contribution in [-0.2, 0) is 16.0 Å². The summed E-state index contributed by atoms with van der Waals surface area (Å²) in [4.78, 5) is 25.0. The van der Waals surface area contributed by atoms with Crippen LogP contribution in [0.25, 0.3) is 0 Å². The smallest absolute Gasteiger partial charge is 0.410 e. The highest BCUT2D eigenvalue weighted by atomic mass is 16.6. The van der Waals surface area contributed by atoms with E-state index in [0.29, 0.717) is 5.69 Å². The van der Waals surface area contributed by atoms with Gasteiger partial charge in [0.1, 0.15) is 11.2 Å². The Morgan fingerprint density at radius 2 is 2.00 bits per heavy atom. The molecule has 0 bridgehead atoms. The zero-order chi connectivity index (χ0) is 16.2. The highest BCUT2D eigenvalue weighted by Crippen LogP contribution is 2.17. The molecule has 0 aliphatic rings. The molecule has 0 atom stereocenters. The van der Waals surface area contributed by atoms with Crippen LogP contribution in [0.3, 0.4) is 0 Å². The average Bonchev–Trinajstić information content (AvgIpc) is 2.68. The molecular formula is C13H22N4O4. The summed E-state index contributed by atoms with van der Waals surface area (Å²) in [6.07, 6.45) is -0.509. The third-order valence-electron chi connectivity index (χ3n) is 2.45. The van der Waals surface area contributed by atoms with Crippen LogP contribution < -0.4 is 5.73 Å². The summed E-state index contributed by atoms with van der Waals surface area (Å²) >= 11 is 0. The van der Waals surface area contributed by atoms with E-state index in [9.17, 15) is 9.59 Å². The fraction of sp³-hybridized carbons (Fsp3) is 0.615. The lowest BCUT2D eigenvalue weighted by atomic mass is 10.2. The number of nitrogens with two attached hydrogens (primary N) is 1. The molecule has 0 saturated carbocycles. The average molecular weight is 298 g/mol. The van der Waals surface area contributed by atoms with E-state index < -0.39 is 17.7 Å². The highest BCUT2D eigenvalue weighted by Gasteiger charge is 2.24. The van der Waals surface area contributed by atoms with Crippen molar-refractivity contribution in [2.24, 2.45) is 0 Å². The molecule has 8 nitrogen and oxygen atoms in total. The second-order valence-corrected chi connectivity index (χ2v) is 5.52. The van der Waals surface area contributed by atoms with E-state index >= 15 is 0 Å². The molecule has 1 aromatic heterocycles. The van der Waals surface area contributed by atoms with Gasteiger partial charge < -0.3 is 20.1 Å². The number of nitrogen functional groups attached to an aromatic ring is 1. The van der Waals surface area contributed by atoms with E-state index in [0.717, 1.165) is 0 Å². The number of nitrogens with zero attached hydrogens (tertiary/aromatic N) is 2. The molecule has 118 valence electrons. The van der Waals surface area contributed by atoms with Crippen LogP contribution in [0.1, 0.15) is 43.7 Å². The predicted molar refractivity (Wildman–Crippen MR) is 76.7 cm³/mol. The van der Waals surface area contributed by atoms with E-state index in [1.165, 1.54) is 4.90 Å². The molecule has 0 unspecified atom stereocenters. The molecular weight excluding hydrogens is 276 g/mol. The van der Waals surface area contributed by atoms with Gasteiger partial charge in [0.2, 0.25) is 0 Å². The van der Waals surface area contributed by atoms with Crippen LogP contribution >= 0.6 is 0 Å². The van der Waals surface area contributed by atoms with Crippen LogP contribution in [0.2, 0.25) is 0 Å². The number of carbonyl (C=O) groups excluding carboxylic acids is 2. The number of esters is 1. The minimum atomic E-state index is -0.595. The molecule has 1 rings (SSSR count). The summed E-state index contributed by atoms with van der Waals surface area (Å²) in [5.41, 5.74) is 5.60. The maximum atomic E-state index is 11.9. The standard InChI is InChI=1S/C13H22N4O4/c1-6-20-11(18)9-8(15-16-10(9)14)7-17(5)12(19)21-13(2,3)4/h6-7H2,1-5H3,(H3,14,15,16). The molecule has 0 fully saturated rings. The van der Waals surface area contributed by atoms with Crippen LogP contribution in [0, 0.1) is 0 Å². The predicted octanol–water partition coefficient (Wildman–Crippen LogP) is 1.54. The summed E-state index contributed by atoms with van der Waals surface area (Å²) in [6.45, 7) is 7.35. The number of hydrogen-bond donors (Lipinski definition) is 2. The Kier molecular flexibility index (Phi) is 5.17. The fourth-order valence-corrected chi connectivity index (χ4v) is 1.58. The Morgan fingerprint density at radius 1 is 1.38 bits per heavy atom. The van der Waals surface area contributed by atoms with E-state index in [1.54, 1.807) is 34.7 Å². The molecule has 0 spiro atoms. The number of hydrogen-bond acceptors (Lipinski definition) is 6. The van der Waals surface area contributed by atoms with E-state index in [4.69, 9.17) is 15.2 Å². The first-order chi connectivity index (χ1) is 9.65. The normalized spacial score (nSPS) is 11.1. The first-order valence-corrected chi connectivity index (χ1v) is 6.59. The molecule has 0 aliphatic heterocycles. The number of nitrogens with one attached hydrogen (secondary N) is 1. The zero-order valence-electron chi connectivity index (χ0n) is 13.0. The van der Waals surface area contributed by atoms with Gasteiger partial charge in [0.15, 0.2) is 5.82 Å². The molecule has 0 aliphatic carbocycles. The van der Waals surface area contributed by atoms with Gasteiger partial charge in [0.05, 0.1) is 18.8 Å². The minimum Gasteiger partial charge on any atom is -0.462 e. The molecule has 1 aromatic rings. The third-order valence-corrected chi connectivity index (χ3v) is 2.45. The lowest BCUT2D eigenvalue weighted by Crippen LogP contribution is -2.34. The van der Waals surface area contributed by atoms with Gasteiger partial charge in [-0.05, 0) is 27.7 Å². The monoisotopic (exact) mass is 298 g/mol. The number of rotatable bonds is 4. The van der Waals surface area contributed by atoms with Crippen molar-refractivity contribution in [2.75, 3.05) is 19.4 Å². The number of anilines is 1. The minimum absolute atomic E-state index is 0.0426. The van der Waals surface area contributed by atoms with Gasteiger partial charge in [-0.1, -0.05) is 0 Å². The zero-order valence-corrected chi connectivity index (χ0v) is 13.0. The van der Waals surface area contributed by atoms with Gasteiger partial charge in [0, 0.05) is 7.05 Å². The van der Waals surface area contributed by atoms with Crippen molar-refractivity contribution in [3.8, 4) is 0 Å². The number of H-pyrrole nitrogens is 1. The van der Waals surface area contributed by atoms with Crippen molar-refractivity contribution in [3.05, 3.63) is 11.3 Å². The van der Waals surface area contributed by atoms with Crippen molar-refractivity contribution < 1.29 is 19.1 Å². The largest absolute Gasteiger partial charge is 0.462 e. The topological polar surface area (TPSA) is 111 Å². The van der Waals surface area contributed by atoms with Crippen LogP contribution in [0.15, 0.2) is 0 Å². The van der Waals surface area contributed by atoms with E-state index in [2.05, 4.69) is 10.2 Å². The van der Waals surface area contributed by atoms with Crippen molar-refractivity contribution in [1.29, 1.82) is 0 Å². The molecule has 1 amide bonds. The molecule has 0 saturated heterocycles. The molecule has 0 aromatic carbocycles. The van der Waals surface area contributed by atoms with E-state index in [-0.39, 0.29) is 24.5 Å². The third kappa shape index (κ3) is 4.66. The van der Waals surface area contributed by atoms with Gasteiger partial charge in [-0.15, -0.1) is 0 Å². The summed E-state index contributed by atoms with van der Waals surface area (Å²) in [6, 6.07) is 0. The quantitative estimate of drug-likeness (QED) is 0.816. The molecule has 1 heterocycles. The van der Waals surface area contributed by atoms with Gasteiger partial charge >= 0.3 is 12.1 Å². The first kappa shape index (κ1) is 16.8. The number of aromatic nitrogens is 2. The SMILES string of the molecule is CCOC(=O)c1c(N)n[nH]c1CN(C)C(=O)OC(C)(C)C. The molecule has 21 heavy (non-hydrogen) atoms. The maximum absolute atomic E-state index is 11.9. The van der Waals surface area contributed by atoms with Gasteiger partial charge in [0.25, 0.3) is 0 Å². The fourth-order valence-electron chi connectivity index (χ4n) is 1.58. The second-order valence-electron chi connectivity index (χ2n) is 5.52. The van der Waals surface area contributed by atoms with Gasteiger partial charge in [-0.3, -0.25) is 5.10 Å². The summed E-state index contributed by atoms with van der Waals surface area (Å²) in [5.74, 6) is -0.530. The maximum Gasteiger partial charge on any atom is 0.410 e. The lowest BCUT2D eigenvalue weighted by Gasteiger charge is -2.24. The van der Waals surface area contributed by atoms with Crippen LogP contribution in [0.5, 0.6) is 0 Å². The van der Waals surface area contributed by atoms with Crippen LogP contribution in [-0.4, -0.2) is 46.4 Å². The molecule has 0 radical (unpaired) electrons. The van der Waals surface area contributed by atoms with Crippen LogP contribution in [0.4, 0.5) is 10.6 Å². The Hall–Kier alpha value is -2.25. The second kappa shape index (κ2) is 6.47. The van der Waals surface area contributed by atoms with E-state index in [1.807, 2.05) is 0 Å². The number of amides is 1. The highest BCUT2D eigenvalue weighted by molar-refractivity contribution is 5.95. The summed E-state index contributed by atoms with van der Waals surface area (Å²) < 4.78 is 10.1. The summed E-state index contributed by atoms with van der Waals surface area (Å²) in [7, 11) is 1.56. The van der Waals surface area contributed by atoms with Crippen molar-refractivity contribution in [3.63, 3.8) is 0 Å². The van der Waals surface area contributed by atoms with Crippen molar-refractivity contribution in [2.45, 2.75) is 39.8 Å². The number of aromatic amines is 1. The van der Waals surface area contributed by atoms with Gasteiger partial charge in [-0.2, -0.15) is 5.10 Å². The Labute approximate surface area is 123 Å². The van der Waals surface area contributed by atoms with Gasteiger partial charge in [-0.25, -0.2) is 9.59 Å². The first-order valence-electron chi connectivity index (χ1n) is 6.59. The Balaban J connectivity index is 2.84. The lowest BCUT2D eigenvalue weighted by molar-refractivity contribution is 0.0279.